The summed E-state index contributed by atoms with van der Waals surface area (Å²) in [6.45, 7) is 0.321. The van der Waals surface area contributed by atoms with Gasteiger partial charge in [0, 0.05) is 6.54 Å². The van der Waals surface area contributed by atoms with Crippen molar-refractivity contribution < 1.29 is 22.8 Å². The Morgan fingerprint density at radius 2 is 1.91 bits per heavy atom. The molecule has 3 rings (SSSR count). The summed E-state index contributed by atoms with van der Waals surface area (Å²) >= 11 is 0. The van der Waals surface area contributed by atoms with E-state index in [1.165, 1.54) is 4.31 Å². The van der Waals surface area contributed by atoms with Crippen LogP contribution in [0.15, 0.2) is 30.3 Å². The Bertz CT molecular complexity index is 688. The van der Waals surface area contributed by atoms with Crippen molar-refractivity contribution in [2.24, 2.45) is 0 Å². The van der Waals surface area contributed by atoms with E-state index in [1.54, 1.807) is 24.3 Å². The molecule has 0 saturated carbocycles. The maximum absolute atomic E-state index is 12.6. The predicted octanol–water partition coefficient (Wildman–Crippen LogP) is 0.629. The summed E-state index contributed by atoms with van der Waals surface area (Å²) in [5.41, 5.74) is 0.679. The first-order valence-electron chi connectivity index (χ1n) is 7.04. The summed E-state index contributed by atoms with van der Waals surface area (Å²) < 4.78 is 26.5. The van der Waals surface area contributed by atoms with E-state index in [1.807, 2.05) is 6.07 Å². The molecule has 2 aliphatic rings. The molecule has 1 amide bonds. The zero-order valence-corrected chi connectivity index (χ0v) is 12.7. The van der Waals surface area contributed by atoms with Crippen LogP contribution in [0.25, 0.3) is 0 Å². The lowest BCUT2D eigenvalue weighted by molar-refractivity contribution is -0.193. The quantitative estimate of drug-likeness (QED) is 0.759. The molecule has 22 heavy (non-hydrogen) atoms. The molecule has 0 aromatic heterocycles. The second-order valence-electron chi connectivity index (χ2n) is 5.33. The van der Waals surface area contributed by atoms with Gasteiger partial charge in [0.05, 0.1) is 5.75 Å². The van der Waals surface area contributed by atoms with Crippen LogP contribution in [-0.4, -0.2) is 42.4 Å². The monoisotopic (exact) mass is 324 g/mol. The van der Waals surface area contributed by atoms with Crippen LogP contribution in [0.1, 0.15) is 24.8 Å². The lowest BCUT2D eigenvalue weighted by Crippen LogP contribution is -2.47. The molecule has 0 N–H and O–H groups in total. The van der Waals surface area contributed by atoms with E-state index < -0.39 is 28.1 Å². The van der Waals surface area contributed by atoms with Gasteiger partial charge >= 0.3 is 5.97 Å². The van der Waals surface area contributed by atoms with Crippen molar-refractivity contribution >= 4 is 21.9 Å². The Kier molecular flexibility index (Phi) is 3.88. The third-order valence-electron chi connectivity index (χ3n) is 3.73. The number of hydrogen-bond donors (Lipinski definition) is 0. The van der Waals surface area contributed by atoms with Crippen molar-refractivity contribution in [3.8, 4) is 0 Å². The molecule has 0 spiro atoms. The van der Waals surface area contributed by atoms with Crippen LogP contribution in [0.4, 0.5) is 0 Å². The average Bonchev–Trinajstić information content (AvgIpc) is 3.06. The molecule has 7 nitrogen and oxygen atoms in total. The summed E-state index contributed by atoms with van der Waals surface area (Å²) in [4.78, 5) is 27.8. The van der Waals surface area contributed by atoms with Crippen molar-refractivity contribution in [1.82, 2.24) is 9.37 Å². The van der Waals surface area contributed by atoms with Crippen LogP contribution in [0.2, 0.25) is 0 Å². The van der Waals surface area contributed by atoms with E-state index in [-0.39, 0.29) is 12.2 Å². The van der Waals surface area contributed by atoms with Gasteiger partial charge in [-0.25, -0.2) is 13.2 Å². The molecule has 1 atom stereocenters. The third kappa shape index (κ3) is 2.84. The topological polar surface area (TPSA) is 84.0 Å². The van der Waals surface area contributed by atoms with Crippen LogP contribution >= 0.6 is 0 Å². The van der Waals surface area contributed by atoms with Gasteiger partial charge in [-0.15, -0.1) is 0 Å². The van der Waals surface area contributed by atoms with E-state index >= 15 is 0 Å². The van der Waals surface area contributed by atoms with Gasteiger partial charge in [0.25, 0.3) is 5.91 Å². The van der Waals surface area contributed by atoms with Crippen LogP contribution in [0, 0.1) is 0 Å². The van der Waals surface area contributed by atoms with Crippen LogP contribution in [0.3, 0.4) is 0 Å². The van der Waals surface area contributed by atoms with Crippen LogP contribution < -0.4 is 0 Å². The minimum absolute atomic E-state index is 0.139. The van der Waals surface area contributed by atoms with Crippen molar-refractivity contribution in [3.63, 3.8) is 0 Å². The summed E-state index contributed by atoms with van der Waals surface area (Å²) in [6.07, 6.45) is 0.0310. The minimum atomic E-state index is -3.59. The Morgan fingerprint density at radius 1 is 1.18 bits per heavy atom. The highest BCUT2D eigenvalue weighted by Crippen LogP contribution is 2.28. The fourth-order valence-electron chi connectivity index (χ4n) is 2.77. The van der Waals surface area contributed by atoms with E-state index in [4.69, 9.17) is 4.84 Å². The van der Waals surface area contributed by atoms with E-state index in [0.29, 0.717) is 24.9 Å². The molecular weight excluding hydrogens is 308 g/mol. The first kappa shape index (κ1) is 15.0. The number of rotatable bonds is 4. The summed E-state index contributed by atoms with van der Waals surface area (Å²) in [6, 6.07) is 8.85. The second-order valence-corrected chi connectivity index (χ2v) is 7.26. The molecule has 8 heteroatoms. The van der Waals surface area contributed by atoms with Crippen molar-refractivity contribution in [3.05, 3.63) is 35.9 Å². The lowest BCUT2D eigenvalue weighted by atomic mass is 10.2. The van der Waals surface area contributed by atoms with Gasteiger partial charge < -0.3 is 4.84 Å². The predicted molar refractivity (Wildman–Crippen MR) is 76.3 cm³/mol. The van der Waals surface area contributed by atoms with E-state index in [0.717, 1.165) is 5.06 Å². The first-order chi connectivity index (χ1) is 10.5. The SMILES string of the molecule is O=C1CC(=O)N(C2CCCN2S(=O)(=O)Cc2ccccc2)O1. The second kappa shape index (κ2) is 5.69. The molecule has 2 saturated heterocycles. The lowest BCUT2D eigenvalue weighted by Gasteiger charge is -2.29. The standard InChI is InChI=1S/C14H16N2O5S/c17-13-9-14(18)21-16(13)12-7-4-8-15(12)22(19,20)10-11-5-2-1-3-6-11/h1-3,5-6,12H,4,7-10H2. The molecule has 0 radical (unpaired) electrons. The van der Waals surface area contributed by atoms with Crippen molar-refractivity contribution in [2.75, 3.05) is 6.54 Å². The number of hydroxylamine groups is 2. The average molecular weight is 324 g/mol. The van der Waals surface area contributed by atoms with Gasteiger partial charge in [0.15, 0.2) is 0 Å². The van der Waals surface area contributed by atoms with Crippen molar-refractivity contribution in [1.29, 1.82) is 0 Å². The normalized spacial score (nSPS) is 23.1. The zero-order chi connectivity index (χ0) is 15.7. The van der Waals surface area contributed by atoms with Crippen molar-refractivity contribution in [2.45, 2.75) is 31.2 Å². The van der Waals surface area contributed by atoms with Gasteiger partial charge in [-0.05, 0) is 18.4 Å². The van der Waals surface area contributed by atoms with Gasteiger partial charge in [0.1, 0.15) is 12.6 Å². The Balaban J connectivity index is 1.80. The fraction of sp³-hybridized carbons (Fsp3) is 0.429. The molecule has 0 aliphatic carbocycles. The first-order valence-corrected chi connectivity index (χ1v) is 8.64. The molecule has 2 heterocycles. The van der Waals surface area contributed by atoms with Crippen LogP contribution in [-0.2, 0) is 30.2 Å². The van der Waals surface area contributed by atoms with Gasteiger partial charge in [-0.3, -0.25) is 4.79 Å². The molecule has 1 aromatic rings. The number of benzene rings is 1. The van der Waals surface area contributed by atoms with Crippen LogP contribution in [0.5, 0.6) is 0 Å². The highest BCUT2D eigenvalue weighted by Gasteiger charge is 2.44. The molecule has 1 aromatic carbocycles. The van der Waals surface area contributed by atoms with E-state index in [2.05, 4.69) is 0 Å². The smallest absolute Gasteiger partial charge is 0.336 e. The largest absolute Gasteiger partial charge is 0.342 e. The zero-order valence-electron chi connectivity index (χ0n) is 11.8. The van der Waals surface area contributed by atoms with Gasteiger partial charge in [-0.1, -0.05) is 30.3 Å². The summed E-state index contributed by atoms with van der Waals surface area (Å²) in [5.74, 6) is -1.27. The Morgan fingerprint density at radius 3 is 2.55 bits per heavy atom. The number of carbonyl (C=O) groups excluding carboxylic acids is 2. The molecule has 118 valence electrons. The highest BCUT2D eigenvalue weighted by molar-refractivity contribution is 7.88. The molecule has 2 aliphatic heterocycles. The summed E-state index contributed by atoms with van der Waals surface area (Å²) in [7, 11) is -3.59. The Hall–Kier alpha value is -1.93. The van der Waals surface area contributed by atoms with Gasteiger partial charge in [-0.2, -0.15) is 9.37 Å². The highest BCUT2D eigenvalue weighted by atomic mass is 32.2. The number of hydrogen-bond acceptors (Lipinski definition) is 5. The molecule has 0 bridgehead atoms. The molecule has 2 fully saturated rings. The fourth-order valence-corrected chi connectivity index (χ4v) is 4.52. The number of sulfonamides is 1. The number of amides is 1. The summed E-state index contributed by atoms with van der Waals surface area (Å²) in [5, 5.41) is 0.915. The maximum Gasteiger partial charge on any atom is 0.342 e. The van der Waals surface area contributed by atoms with Gasteiger partial charge in [0.2, 0.25) is 10.0 Å². The molecule has 1 unspecified atom stereocenters. The van der Waals surface area contributed by atoms with E-state index in [9.17, 15) is 18.0 Å². The maximum atomic E-state index is 12.6. The number of nitrogens with zero attached hydrogens (tertiary/aromatic N) is 2. The number of carbonyl (C=O) groups is 2. The minimum Gasteiger partial charge on any atom is -0.336 e. The molecular formula is C14H16N2O5S. The Labute approximate surface area is 128 Å². The third-order valence-corrected chi connectivity index (χ3v) is 5.57.